The van der Waals surface area contributed by atoms with Gasteiger partial charge in [-0.1, -0.05) is 32.0 Å². The van der Waals surface area contributed by atoms with Gasteiger partial charge in [0.2, 0.25) is 5.91 Å². The molecule has 6 nitrogen and oxygen atoms in total. The highest BCUT2D eigenvalue weighted by atomic mass is 16.6. The maximum atomic E-state index is 12.0. The van der Waals surface area contributed by atoms with Gasteiger partial charge in [-0.05, 0) is 63.1 Å². The second kappa shape index (κ2) is 11.0. The molecule has 0 heterocycles. The SMILES string of the molecule is CC.CC(C)(C)OC(=O)c1ccc(N=Nc2ccccc2CCC(N)=O)cc1. The largest absolute Gasteiger partial charge is 0.456 e. The maximum Gasteiger partial charge on any atom is 0.338 e. The van der Waals surface area contributed by atoms with Crippen molar-refractivity contribution in [2.24, 2.45) is 16.0 Å². The number of amides is 1. The van der Waals surface area contributed by atoms with Gasteiger partial charge < -0.3 is 10.5 Å². The van der Waals surface area contributed by atoms with Gasteiger partial charge in [0.25, 0.3) is 0 Å². The zero-order valence-electron chi connectivity index (χ0n) is 17.2. The molecule has 2 rings (SSSR count). The van der Waals surface area contributed by atoms with Gasteiger partial charge in [0.05, 0.1) is 16.9 Å². The summed E-state index contributed by atoms with van der Waals surface area (Å²) in [5.41, 5.74) is 7.32. The number of nitrogens with two attached hydrogens (primary N) is 1. The summed E-state index contributed by atoms with van der Waals surface area (Å²) < 4.78 is 5.32. The van der Waals surface area contributed by atoms with Crippen LogP contribution in [-0.2, 0) is 16.0 Å². The Morgan fingerprint density at radius 3 is 2.14 bits per heavy atom. The quantitative estimate of drug-likeness (QED) is 0.527. The van der Waals surface area contributed by atoms with Crippen LogP contribution < -0.4 is 5.73 Å². The average molecular weight is 383 g/mol. The summed E-state index contributed by atoms with van der Waals surface area (Å²) in [7, 11) is 0. The molecule has 2 aromatic carbocycles. The normalized spacial score (nSPS) is 10.9. The first-order chi connectivity index (χ1) is 13.2. The summed E-state index contributed by atoms with van der Waals surface area (Å²) in [4.78, 5) is 23.0. The summed E-state index contributed by atoms with van der Waals surface area (Å²) in [5, 5.41) is 8.44. The van der Waals surface area contributed by atoms with E-state index in [-0.39, 0.29) is 18.3 Å². The fraction of sp³-hybridized carbons (Fsp3) is 0.364. The number of aryl methyl sites for hydroxylation is 1. The lowest BCUT2D eigenvalue weighted by Crippen LogP contribution is -2.23. The summed E-state index contributed by atoms with van der Waals surface area (Å²) in [6.45, 7) is 9.47. The first-order valence-electron chi connectivity index (χ1n) is 9.36. The third-order valence-electron chi connectivity index (χ3n) is 3.41. The number of primary amides is 1. The van der Waals surface area contributed by atoms with Crippen molar-refractivity contribution in [2.45, 2.75) is 53.1 Å². The van der Waals surface area contributed by atoms with Gasteiger partial charge in [-0.2, -0.15) is 10.2 Å². The minimum absolute atomic E-state index is 0.261. The van der Waals surface area contributed by atoms with Crippen molar-refractivity contribution < 1.29 is 14.3 Å². The molecule has 0 aliphatic heterocycles. The van der Waals surface area contributed by atoms with Crippen LogP contribution in [0.3, 0.4) is 0 Å². The number of rotatable bonds is 6. The van der Waals surface area contributed by atoms with Gasteiger partial charge in [-0.15, -0.1) is 0 Å². The Morgan fingerprint density at radius 1 is 0.964 bits per heavy atom. The highest BCUT2D eigenvalue weighted by molar-refractivity contribution is 5.90. The van der Waals surface area contributed by atoms with Crippen LogP contribution in [0.5, 0.6) is 0 Å². The molecule has 0 bridgehead atoms. The predicted molar refractivity (Wildman–Crippen MR) is 111 cm³/mol. The lowest BCUT2D eigenvalue weighted by atomic mass is 10.1. The number of nitrogens with zero attached hydrogens (tertiary/aromatic N) is 2. The fourth-order valence-corrected chi connectivity index (χ4v) is 2.19. The first kappa shape index (κ1) is 23.0. The van der Waals surface area contributed by atoms with Crippen molar-refractivity contribution in [1.29, 1.82) is 0 Å². The summed E-state index contributed by atoms with van der Waals surface area (Å²) in [5.74, 6) is -0.729. The molecule has 0 saturated carbocycles. The van der Waals surface area contributed by atoms with E-state index >= 15 is 0 Å². The molecule has 0 fully saturated rings. The first-order valence-corrected chi connectivity index (χ1v) is 9.36. The predicted octanol–water partition coefficient (Wildman–Crippen LogP) is 5.50. The molecule has 150 valence electrons. The Kier molecular flexibility index (Phi) is 9.02. The summed E-state index contributed by atoms with van der Waals surface area (Å²) in [6, 6.07) is 14.2. The van der Waals surface area contributed by atoms with Gasteiger partial charge in [-0.3, -0.25) is 4.79 Å². The number of benzene rings is 2. The number of hydrogen-bond donors (Lipinski definition) is 1. The highest BCUT2D eigenvalue weighted by Gasteiger charge is 2.17. The zero-order valence-corrected chi connectivity index (χ0v) is 17.2. The van der Waals surface area contributed by atoms with Crippen LogP contribution in [0.1, 0.15) is 57.0 Å². The maximum absolute atomic E-state index is 12.0. The Balaban J connectivity index is 0.00000190. The van der Waals surface area contributed by atoms with Gasteiger partial charge >= 0.3 is 5.97 Å². The van der Waals surface area contributed by atoms with Crippen LogP contribution in [0.15, 0.2) is 58.8 Å². The number of azo groups is 1. The number of esters is 1. The molecule has 2 N–H and O–H groups in total. The lowest BCUT2D eigenvalue weighted by molar-refractivity contribution is -0.117. The minimum Gasteiger partial charge on any atom is -0.456 e. The molecule has 0 saturated heterocycles. The molecular formula is C22H29N3O3. The van der Waals surface area contributed by atoms with E-state index < -0.39 is 5.60 Å². The smallest absolute Gasteiger partial charge is 0.338 e. The molecule has 0 atom stereocenters. The molecule has 6 heteroatoms. The van der Waals surface area contributed by atoms with E-state index in [1.807, 2.05) is 58.9 Å². The molecule has 0 aliphatic rings. The van der Waals surface area contributed by atoms with Crippen LogP contribution in [0.4, 0.5) is 11.4 Å². The van der Waals surface area contributed by atoms with Crippen molar-refractivity contribution in [3.63, 3.8) is 0 Å². The molecule has 0 aliphatic carbocycles. The van der Waals surface area contributed by atoms with E-state index in [9.17, 15) is 9.59 Å². The Labute approximate surface area is 166 Å². The minimum atomic E-state index is -0.538. The van der Waals surface area contributed by atoms with Crippen molar-refractivity contribution in [3.8, 4) is 0 Å². The fourth-order valence-electron chi connectivity index (χ4n) is 2.19. The molecule has 28 heavy (non-hydrogen) atoms. The van der Waals surface area contributed by atoms with E-state index in [0.717, 1.165) is 5.56 Å². The lowest BCUT2D eigenvalue weighted by Gasteiger charge is -2.19. The second-order valence-corrected chi connectivity index (χ2v) is 6.84. The van der Waals surface area contributed by atoms with Crippen LogP contribution in [0.25, 0.3) is 0 Å². The third kappa shape index (κ3) is 8.12. The number of hydrogen-bond acceptors (Lipinski definition) is 5. The summed E-state index contributed by atoms with van der Waals surface area (Å²) in [6.07, 6.45) is 0.777. The van der Waals surface area contributed by atoms with Crippen molar-refractivity contribution in [3.05, 3.63) is 59.7 Å². The van der Waals surface area contributed by atoms with Gasteiger partial charge in [0.1, 0.15) is 5.60 Å². The Hall–Kier alpha value is -3.02. The summed E-state index contributed by atoms with van der Waals surface area (Å²) >= 11 is 0. The molecule has 0 radical (unpaired) electrons. The Morgan fingerprint density at radius 2 is 1.57 bits per heavy atom. The zero-order chi connectivity index (χ0) is 21.2. The van der Waals surface area contributed by atoms with Crippen molar-refractivity contribution >= 4 is 23.3 Å². The number of carbonyl (C=O) groups excluding carboxylic acids is 2. The standard InChI is InChI=1S/C20H23N3O3.C2H6/c1-20(2,3)26-19(25)15-8-11-16(12-9-15)22-23-17-7-5-4-6-14(17)10-13-18(21)24;1-2/h4-9,11-12H,10,13H2,1-3H3,(H2,21,24);1-2H3. The highest BCUT2D eigenvalue weighted by Crippen LogP contribution is 2.24. The molecule has 0 aromatic heterocycles. The van der Waals surface area contributed by atoms with Gasteiger partial charge in [-0.25, -0.2) is 4.79 Å². The van der Waals surface area contributed by atoms with E-state index in [2.05, 4.69) is 10.2 Å². The van der Waals surface area contributed by atoms with Crippen LogP contribution in [0.2, 0.25) is 0 Å². The number of carbonyl (C=O) groups is 2. The molecule has 2 aromatic rings. The van der Waals surface area contributed by atoms with E-state index in [4.69, 9.17) is 10.5 Å². The van der Waals surface area contributed by atoms with E-state index in [1.165, 1.54) is 0 Å². The van der Waals surface area contributed by atoms with Gasteiger partial charge in [0.15, 0.2) is 0 Å². The van der Waals surface area contributed by atoms with Crippen LogP contribution in [0, 0.1) is 0 Å². The molecule has 1 amide bonds. The van der Waals surface area contributed by atoms with Gasteiger partial charge in [0, 0.05) is 6.42 Å². The monoisotopic (exact) mass is 383 g/mol. The average Bonchev–Trinajstić information content (AvgIpc) is 2.66. The second-order valence-electron chi connectivity index (χ2n) is 6.84. The third-order valence-corrected chi connectivity index (χ3v) is 3.41. The van der Waals surface area contributed by atoms with Crippen molar-refractivity contribution in [2.75, 3.05) is 0 Å². The van der Waals surface area contributed by atoms with Crippen molar-refractivity contribution in [1.82, 2.24) is 0 Å². The van der Waals surface area contributed by atoms with Crippen LogP contribution in [-0.4, -0.2) is 17.5 Å². The Bertz CT molecular complexity index is 807. The number of ether oxygens (including phenoxy) is 1. The van der Waals surface area contributed by atoms with Crippen LogP contribution >= 0.6 is 0 Å². The van der Waals surface area contributed by atoms with E-state index in [1.54, 1.807) is 24.3 Å². The molecular weight excluding hydrogens is 354 g/mol. The van der Waals surface area contributed by atoms with E-state index in [0.29, 0.717) is 23.4 Å². The topological polar surface area (TPSA) is 94.1 Å². The molecule has 0 spiro atoms. The molecule has 0 unspecified atom stereocenters.